The van der Waals surface area contributed by atoms with E-state index in [1.807, 2.05) is 0 Å². The van der Waals surface area contributed by atoms with Gasteiger partial charge in [0.1, 0.15) is 67.1 Å². The van der Waals surface area contributed by atoms with E-state index >= 15 is 0 Å². The maximum atomic E-state index is 12.0. The average Bonchev–Trinajstić information content (AvgIpc) is 2.83. The van der Waals surface area contributed by atoms with Crippen LogP contribution in [-0.2, 0) is 28.5 Å². The highest BCUT2D eigenvalue weighted by molar-refractivity contribution is 5.73. The molecule has 3 rings (SSSR count). The van der Waals surface area contributed by atoms with Crippen molar-refractivity contribution in [1.82, 2.24) is 5.32 Å². The van der Waals surface area contributed by atoms with E-state index in [0.717, 1.165) is 6.92 Å². The lowest BCUT2D eigenvalue weighted by atomic mass is 9.94. The predicted molar refractivity (Wildman–Crippen MR) is 111 cm³/mol. The molecule has 0 aromatic rings. The van der Waals surface area contributed by atoms with E-state index in [1.54, 1.807) is 0 Å². The SMILES string of the molecule is CC(=O)N[C@H]1[C@H](O[C@@H]2[C@@H](O)[C@@H](O)[C@H](O)O[C@H]2C)O[C@H](CO)[C@@H](O)[C@@H]1O[C@H]1O[C@H](CO)[C@H](O)[C@H](O)[C@H]1O. The maximum absolute atomic E-state index is 12.0. The summed E-state index contributed by atoms with van der Waals surface area (Å²) in [5, 5.41) is 92.9. The Morgan fingerprint density at radius 2 is 1.28 bits per heavy atom. The van der Waals surface area contributed by atoms with Gasteiger partial charge in [0.25, 0.3) is 0 Å². The first-order valence-electron chi connectivity index (χ1n) is 11.4. The highest BCUT2D eigenvalue weighted by Crippen LogP contribution is 2.32. The summed E-state index contributed by atoms with van der Waals surface area (Å²) in [6, 6.07) is -1.38. The minimum Gasteiger partial charge on any atom is -0.394 e. The minimum absolute atomic E-state index is 0.641. The van der Waals surface area contributed by atoms with Crippen molar-refractivity contribution in [2.45, 2.75) is 106 Å². The smallest absolute Gasteiger partial charge is 0.217 e. The third kappa shape index (κ3) is 5.97. The third-order valence-corrected chi connectivity index (χ3v) is 6.45. The molecular formula is C20H35NO15. The average molecular weight is 529 g/mol. The van der Waals surface area contributed by atoms with Crippen LogP contribution in [-0.4, -0.2) is 157 Å². The molecule has 0 aliphatic carbocycles. The Kier molecular flexibility index (Phi) is 9.97. The minimum atomic E-state index is -1.84. The van der Waals surface area contributed by atoms with Crippen LogP contribution in [0, 0.1) is 0 Å². The van der Waals surface area contributed by atoms with E-state index in [2.05, 4.69) is 5.32 Å². The summed E-state index contributed by atoms with van der Waals surface area (Å²) in [6.45, 7) is 1.06. The summed E-state index contributed by atoms with van der Waals surface area (Å²) in [7, 11) is 0. The van der Waals surface area contributed by atoms with E-state index in [9.17, 15) is 50.8 Å². The molecule has 0 saturated carbocycles. The second kappa shape index (κ2) is 12.2. The monoisotopic (exact) mass is 529 g/mol. The Morgan fingerprint density at radius 1 is 0.722 bits per heavy atom. The largest absolute Gasteiger partial charge is 0.394 e. The molecule has 3 heterocycles. The van der Waals surface area contributed by atoms with Crippen LogP contribution in [0.2, 0.25) is 0 Å². The zero-order valence-corrected chi connectivity index (χ0v) is 19.5. The van der Waals surface area contributed by atoms with Crippen LogP contribution in [0.1, 0.15) is 13.8 Å². The number of carbonyl (C=O) groups is 1. The second-order valence-corrected chi connectivity index (χ2v) is 9.05. The van der Waals surface area contributed by atoms with Crippen molar-refractivity contribution >= 4 is 5.91 Å². The van der Waals surface area contributed by atoms with Gasteiger partial charge in [0, 0.05) is 6.92 Å². The van der Waals surface area contributed by atoms with Gasteiger partial charge < -0.3 is 75.0 Å². The van der Waals surface area contributed by atoms with Gasteiger partial charge >= 0.3 is 0 Å². The normalized spacial score (nSPS) is 50.0. The van der Waals surface area contributed by atoms with Crippen LogP contribution in [0.3, 0.4) is 0 Å². The quantitative estimate of drug-likeness (QED) is 0.147. The van der Waals surface area contributed by atoms with Gasteiger partial charge in [-0.15, -0.1) is 0 Å². The summed E-state index contributed by atoms with van der Waals surface area (Å²) >= 11 is 0. The van der Waals surface area contributed by atoms with Crippen LogP contribution in [0.15, 0.2) is 0 Å². The first-order chi connectivity index (χ1) is 16.9. The number of rotatable bonds is 7. The molecule has 0 unspecified atom stereocenters. The first-order valence-corrected chi connectivity index (χ1v) is 11.4. The number of aliphatic hydroxyl groups is 9. The van der Waals surface area contributed by atoms with Gasteiger partial charge in [-0.05, 0) is 6.92 Å². The zero-order chi connectivity index (χ0) is 26.9. The molecule has 0 bridgehead atoms. The molecule has 210 valence electrons. The number of carbonyl (C=O) groups excluding carboxylic acids is 1. The molecule has 3 saturated heterocycles. The summed E-state index contributed by atoms with van der Waals surface area (Å²) in [6.07, 6.45) is -21.8. The van der Waals surface area contributed by atoms with Crippen molar-refractivity contribution in [3.63, 3.8) is 0 Å². The van der Waals surface area contributed by atoms with Gasteiger partial charge in [0.2, 0.25) is 5.91 Å². The molecule has 10 N–H and O–H groups in total. The number of aliphatic hydroxyl groups excluding tert-OH is 9. The molecule has 3 fully saturated rings. The van der Waals surface area contributed by atoms with Crippen LogP contribution >= 0.6 is 0 Å². The fourth-order valence-corrected chi connectivity index (χ4v) is 4.43. The number of hydrogen-bond donors (Lipinski definition) is 10. The van der Waals surface area contributed by atoms with Crippen molar-refractivity contribution in [3.8, 4) is 0 Å². The van der Waals surface area contributed by atoms with Crippen molar-refractivity contribution in [3.05, 3.63) is 0 Å². The summed E-state index contributed by atoms with van der Waals surface area (Å²) in [5.41, 5.74) is 0. The molecule has 1 amide bonds. The lowest BCUT2D eigenvalue weighted by Gasteiger charge is -2.49. The molecule has 0 radical (unpaired) electrons. The Labute approximate surface area is 205 Å². The molecule has 15 atom stereocenters. The van der Waals surface area contributed by atoms with E-state index < -0.39 is 111 Å². The standard InChI is InChI=1S/C20H35NO15/c1-5-16(13(28)14(29)18(31)32-5)35-19-9(21-6(2)24)17(11(26)8(4-23)33-19)36-20-15(30)12(27)10(25)7(3-22)34-20/h5,7-20,22-23,25-31H,3-4H2,1-2H3,(H,21,24)/t5-,7+,8+,9+,10-,11+,12-,13-,14+,15+,16-,17+,18+,19-,20+/m0/s1. The van der Waals surface area contributed by atoms with Crippen LogP contribution in [0.4, 0.5) is 0 Å². The Morgan fingerprint density at radius 3 is 1.86 bits per heavy atom. The maximum Gasteiger partial charge on any atom is 0.217 e. The van der Waals surface area contributed by atoms with Crippen molar-refractivity contribution in [1.29, 1.82) is 0 Å². The molecule has 0 aromatic carbocycles. The lowest BCUT2D eigenvalue weighted by Crippen LogP contribution is -2.69. The van der Waals surface area contributed by atoms with Gasteiger partial charge in [-0.25, -0.2) is 0 Å². The molecule has 36 heavy (non-hydrogen) atoms. The van der Waals surface area contributed by atoms with Gasteiger partial charge in [-0.3, -0.25) is 4.79 Å². The van der Waals surface area contributed by atoms with E-state index in [-0.39, 0.29) is 0 Å². The molecule has 3 aliphatic rings. The Hall–Kier alpha value is -1.09. The lowest BCUT2D eigenvalue weighted by molar-refractivity contribution is -0.361. The van der Waals surface area contributed by atoms with Gasteiger partial charge in [-0.1, -0.05) is 0 Å². The van der Waals surface area contributed by atoms with Crippen molar-refractivity contribution < 1.29 is 74.4 Å². The molecule has 3 aliphatic heterocycles. The summed E-state index contributed by atoms with van der Waals surface area (Å²) in [5.74, 6) is -0.641. The van der Waals surface area contributed by atoms with E-state index in [0.29, 0.717) is 0 Å². The van der Waals surface area contributed by atoms with Crippen LogP contribution < -0.4 is 5.32 Å². The summed E-state index contributed by atoms with van der Waals surface area (Å²) < 4.78 is 27.5. The third-order valence-electron chi connectivity index (χ3n) is 6.45. The molecule has 0 spiro atoms. The van der Waals surface area contributed by atoms with Gasteiger partial charge in [0.05, 0.1) is 19.3 Å². The summed E-state index contributed by atoms with van der Waals surface area (Å²) in [4.78, 5) is 12.0. The van der Waals surface area contributed by atoms with E-state index in [4.69, 9.17) is 23.7 Å². The number of ether oxygens (including phenoxy) is 5. The Balaban J connectivity index is 1.88. The van der Waals surface area contributed by atoms with Crippen molar-refractivity contribution in [2.24, 2.45) is 0 Å². The molecule has 16 nitrogen and oxygen atoms in total. The zero-order valence-electron chi connectivity index (χ0n) is 19.5. The van der Waals surface area contributed by atoms with Crippen molar-refractivity contribution in [2.75, 3.05) is 13.2 Å². The Bertz CT molecular complexity index is 729. The number of nitrogens with one attached hydrogen (secondary N) is 1. The van der Waals surface area contributed by atoms with Crippen LogP contribution in [0.5, 0.6) is 0 Å². The molecule has 16 heteroatoms. The fourth-order valence-electron chi connectivity index (χ4n) is 4.43. The number of amides is 1. The topological polar surface area (TPSA) is 257 Å². The fraction of sp³-hybridized carbons (Fsp3) is 0.950. The highest BCUT2D eigenvalue weighted by Gasteiger charge is 2.53. The molecule has 0 aromatic heterocycles. The predicted octanol–water partition coefficient (Wildman–Crippen LogP) is -6.40. The second-order valence-electron chi connectivity index (χ2n) is 9.05. The van der Waals surface area contributed by atoms with Crippen LogP contribution in [0.25, 0.3) is 0 Å². The highest BCUT2D eigenvalue weighted by atomic mass is 16.7. The number of hydrogen-bond acceptors (Lipinski definition) is 15. The first kappa shape index (κ1) is 29.5. The molecular weight excluding hydrogens is 494 g/mol. The van der Waals surface area contributed by atoms with E-state index in [1.165, 1.54) is 6.92 Å². The van der Waals surface area contributed by atoms with Gasteiger partial charge in [0.15, 0.2) is 18.9 Å². The van der Waals surface area contributed by atoms with Gasteiger partial charge in [-0.2, -0.15) is 0 Å².